The van der Waals surface area contributed by atoms with Gasteiger partial charge >= 0.3 is 0 Å². The second-order valence-corrected chi connectivity index (χ2v) is 7.78. The number of nitrogens with one attached hydrogen (secondary N) is 1. The largest absolute Gasteiger partial charge is 0.493 e. The van der Waals surface area contributed by atoms with Crippen LogP contribution in [0, 0.1) is 22.0 Å². The fourth-order valence-corrected chi connectivity index (χ4v) is 4.09. The Balaban J connectivity index is 1.66. The number of benzene rings is 2. The van der Waals surface area contributed by atoms with Crippen molar-refractivity contribution in [1.29, 1.82) is 0 Å². The molecule has 0 spiro atoms. The van der Waals surface area contributed by atoms with Gasteiger partial charge in [-0.2, -0.15) is 0 Å². The van der Waals surface area contributed by atoms with Gasteiger partial charge in [0.15, 0.2) is 0 Å². The lowest BCUT2D eigenvalue weighted by Gasteiger charge is -2.37. The molecule has 0 saturated carbocycles. The predicted octanol–water partition coefficient (Wildman–Crippen LogP) is 5.46. The van der Waals surface area contributed by atoms with Gasteiger partial charge in [-0.1, -0.05) is 38.1 Å². The number of nitro groups is 1. The summed E-state index contributed by atoms with van der Waals surface area (Å²) in [6, 6.07) is 13.2. The van der Waals surface area contributed by atoms with Crippen molar-refractivity contribution in [2.24, 2.45) is 11.8 Å². The van der Waals surface area contributed by atoms with E-state index in [9.17, 15) is 10.1 Å². The van der Waals surface area contributed by atoms with E-state index in [1.165, 1.54) is 5.56 Å². The van der Waals surface area contributed by atoms with E-state index in [2.05, 4.69) is 43.4 Å². The maximum absolute atomic E-state index is 11.2. The second-order valence-electron chi connectivity index (χ2n) is 7.78. The molecule has 3 unspecified atom stereocenters. The van der Waals surface area contributed by atoms with Crippen molar-refractivity contribution >= 4 is 11.4 Å². The fourth-order valence-electron chi connectivity index (χ4n) is 4.09. The first kappa shape index (κ1) is 17.6. The summed E-state index contributed by atoms with van der Waals surface area (Å²) >= 11 is 0. The summed E-state index contributed by atoms with van der Waals surface area (Å²) in [5, 5.41) is 14.8. The maximum Gasteiger partial charge on any atom is 0.269 e. The standard InChI is InChI=1S/C22H24N2O3/c1-14(2)13-27-17-9-10-21-20(12-17)18-7-4-8-19(18)22(23-21)15-5-3-6-16(11-15)24(25)26/h3-7,9-12,14,18-19,22-23H,8,13H2,1-2H3. The molecule has 0 saturated heterocycles. The van der Waals surface area contributed by atoms with E-state index in [4.69, 9.17) is 4.74 Å². The highest BCUT2D eigenvalue weighted by Gasteiger charge is 2.38. The van der Waals surface area contributed by atoms with Gasteiger partial charge in [0.1, 0.15) is 5.75 Å². The number of anilines is 1. The zero-order valence-corrected chi connectivity index (χ0v) is 15.6. The molecule has 3 atom stereocenters. The van der Waals surface area contributed by atoms with Gasteiger partial charge in [-0.25, -0.2) is 0 Å². The van der Waals surface area contributed by atoms with Crippen molar-refractivity contribution in [2.45, 2.75) is 32.2 Å². The van der Waals surface area contributed by atoms with E-state index >= 15 is 0 Å². The van der Waals surface area contributed by atoms with Crippen molar-refractivity contribution in [3.05, 3.63) is 75.9 Å². The van der Waals surface area contributed by atoms with E-state index < -0.39 is 0 Å². The Labute approximate surface area is 159 Å². The Hall–Kier alpha value is -2.82. The molecule has 5 nitrogen and oxygen atoms in total. The molecule has 0 fully saturated rings. The number of nitrogens with zero attached hydrogens (tertiary/aromatic N) is 1. The van der Waals surface area contributed by atoms with E-state index in [1.807, 2.05) is 12.1 Å². The van der Waals surface area contributed by atoms with Gasteiger partial charge in [0.2, 0.25) is 0 Å². The second kappa shape index (κ2) is 7.06. The summed E-state index contributed by atoms with van der Waals surface area (Å²) in [5.74, 6) is 2.03. The molecule has 0 amide bonds. The minimum Gasteiger partial charge on any atom is -0.493 e. The van der Waals surface area contributed by atoms with Crippen LogP contribution in [0.5, 0.6) is 5.75 Å². The molecular weight excluding hydrogens is 340 g/mol. The molecule has 2 aliphatic rings. The zero-order chi connectivity index (χ0) is 19.0. The van der Waals surface area contributed by atoms with E-state index in [-0.39, 0.29) is 16.7 Å². The first-order valence-electron chi connectivity index (χ1n) is 9.47. The topological polar surface area (TPSA) is 64.4 Å². The molecule has 2 aromatic carbocycles. The molecule has 5 heteroatoms. The van der Waals surface area contributed by atoms with Crippen LogP contribution in [0.25, 0.3) is 0 Å². The minimum atomic E-state index is -0.330. The normalized spacial score (nSPS) is 22.9. The number of hydrogen-bond donors (Lipinski definition) is 1. The van der Waals surface area contributed by atoms with Crippen LogP contribution in [0.3, 0.4) is 0 Å². The van der Waals surface area contributed by atoms with Gasteiger partial charge in [0, 0.05) is 23.7 Å². The first-order chi connectivity index (χ1) is 13.0. The Morgan fingerprint density at radius 1 is 1.26 bits per heavy atom. The third kappa shape index (κ3) is 3.42. The molecule has 0 bridgehead atoms. The molecule has 140 valence electrons. The van der Waals surface area contributed by atoms with Crippen molar-refractivity contribution in [3.8, 4) is 5.75 Å². The third-order valence-corrected chi connectivity index (χ3v) is 5.36. The van der Waals surface area contributed by atoms with Crippen LogP contribution in [-0.2, 0) is 0 Å². The molecular formula is C22H24N2O3. The number of allylic oxidation sites excluding steroid dienone is 2. The summed E-state index contributed by atoms with van der Waals surface area (Å²) in [5.41, 5.74) is 3.43. The Morgan fingerprint density at radius 2 is 2.11 bits per heavy atom. The lowest BCUT2D eigenvalue weighted by Crippen LogP contribution is -2.29. The van der Waals surface area contributed by atoms with Crippen LogP contribution in [0.2, 0.25) is 0 Å². The van der Waals surface area contributed by atoms with E-state index in [0.717, 1.165) is 23.4 Å². The summed E-state index contributed by atoms with van der Waals surface area (Å²) in [4.78, 5) is 10.8. The number of fused-ring (bicyclic) bond motifs is 3. The molecule has 0 aromatic heterocycles. The number of ether oxygens (including phenoxy) is 1. The van der Waals surface area contributed by atoms with Gasteiger partial charge in [-0.3, -0.25) is 10.1 Å². The highest BCUT2D eigenvalue weighted by Crippen LogP contribution is 2.50. The van der Waals surface area contributed by atoms with Gasteiger partial charge in [0.05, 0.1) is 17.6 Å². The molecule has 1 aliphatic heterocycles. The monoisotopic (exact) mass is 364 g/mol. The maximum atomic E-state index is 11.2. The Morgan fingerprint density at radius 3 is 2.89 bits per heavy atom. The van der Waals surface area contributed by atoms with Gasteiger partial charge in [-0.15, -0.1) is 0 Å². The Kier molecular flexibility index (Phi) is 4.60. The van der Waals surface area contributed by atoms with Crippen LogP contribution >= 0.6 is 0 Å². The van der Waals surface area contributed by atoms with E-state index in [0.29, 0.717) is 24.4 Å². The molecule has 1 N–H and O–H groups in total. The van der Waals surface area contributed by atoms with Gasteiger partial charge in [-0.05, 0) is 47.6 Å². The summed E-state index contributed by atoms with van der Waals surface area (Å²) < 4.78 is 5.91. The lowest BCUT2D eigenvalue weighted by molar-refractivity contribution is -0.384. The molecule has 2 aromatic rings. The summed E-state index contributed by atoms with van der Waals surface area (Å²) in [6.07, 6.45) is 5.45. The van der Waals surface area contributed by atoms with Gasteiger partial charge < -0.3 is 10.1 Å². The van der Waals surface area contributed by atoms with Crippen molar-refractivity contribution in [3.63, 3.8) is 0 Å². The van der Waals surface area contributed by atoms with Gasteiger partial charge in [0.25, 0.3) is 5.69 Å². The molecule has 1 aliphatic carbocycles. The molecule has 27 heavy (non-hydrogen) atoms. The van der Waals surface area contributed by atoms with Crippen LogP contribution in [-0.4, -0.2) is 11.5 Å². The van der Waals surface area contributed by atoms with E-state index in [1.54, 1.807) is 18.2 Å². The fraction of sp³-hybridized carbons (Fsp3) is 0.364. The van der Waals surface area contributed by atoms with Crippen LogP contribution in [0.4, 0.5) is 11.4 Å². The number of hydrogen-bond acceptors (Lipinski definition) is 4. The average Bonchev–Trinajstić information content (AvgIpc) is 3.16. The van der Waals surface area contributed by atoms with Crippen LogP contribution in [0.15, 0.2) is 54.6 Å². The quantitative estimate of drug-likeness (QED) is 0.435. The lowest BCUT2D eigenvalue weighted by atomic mass is 9.77. The predicted molar refractivity (Wildman–Crippen MR) is 106 cm³/mol. The summed E-state index contributed by atoms with van der Waals surface area (Å²) in [7, 11) is 0. The third-order valence-electron chi connectivity index (χ3n) is 5.36. The highest BCUT2D eigenvalue weighted by molar-refractivity contribution is 5.62. The number of nitro benzene ring substituents is 1. The van der Waals surface area contributed by atoms with Crippen molar-refractivity contribution < 1.29 is 9.66 Å². The van der Waals surface area contributed by atoms with Crippen molar-refractivity contribution in [2.75, 3.05) is 11.9 Å². The molecule has 4 rings (SSSR count). The average molecular weight is 364 g/mol. The Bertz CT molecular complexity index is 891. The highest BCUT2D eigenvalue weighted by atomic mass is 16.6. The summed E-state index contributed by atoms with van der Waals surface area (Å²) in [6.45, 7) is 4.98. The van der Waals surface area contributed by atoms with Crippen molar-refractivity contribution in [1.82, 2.24) is 0 Å². The first-order valence-corrected chi connectivity index (χ1v) is 9.47. The smallest absolute Gasteiger partial charge is 0.269 e. The SMILES string of the molecule is CC(C)COc1ccc2c(c1)C1C=CCC1C(c1cccc([N+](=O)[O-])c1)N2. The number of non-ortho nitro benzene ring substituents is 1. The molecule has 0 radical (unpaired) electrons. The molecule has 1 heterocycles. The van der Waals surface area contributed by atoms with Crippen LogP contribution in [0.1, 0.15) is 43.4 Å². The number of rotatable bonds is 5. The minimum absolute atomic E-state index is 0.0554. The zero-order valence-electron chi connectivity index (χ0n) is 15.6. The van der Waals surface area contributed by atoms with Crippen LogP contribution < -0.4 is 10.1 Å².